The van der Waals surface area contributed by atoms with Gasteiger partial charge in [-0.25, -0.2) is 4.79 Å². The zero-order valence-electron chi connectivity index (χ0n) is 18.6. The molecule has 0 spiro atoms. The van der Waals surface area contributed by atoms with Gasteiger partial charge in [-0.2, -0.15) is 0 Å². The lowest BCUT2D eigenvalue weighted by Crippen LogP contribution is -2.54. The Morgan fingerprint density at radius 3 is 2.20 bits per heavy atom. The Morgan fingerprint density at radius 2 is 1.67 bits per heavy atom. The summed E-state index contributed by atoms with van der Waals surface area (Å²) in [4.78, 5) is 27.2. The maximum absolute atomic E-state index is 13.1. The number of hydrogen-bond donors (Lipinski definition) is 1. The lowest BCUT2D eigenvalue weighted by Gasteiger charge is -2.43. The van der Waals surface area contributed by atoms with Gasteiger partial charge in [0.25, 0.3) is 0 Å². The second kappa shape index (κ2) is 9.66. The third-order valence-electron chi connectivity index (χ3n) is 4.41. The minimum absolute atomic E-state index is 0.210. The van der Waals surface area contributed by atoms with E-state index in [-0.39, 0.29) is 19.1 Å². The number of ether oxygens (including phenoxy) is 3. The van der Waals surface area contributed by atoms with Crippen LogP contribution in [0.25, 0.3) is 0 Å². The molecule has 1 fully saturated rings. The molecule has 1 aromatic rings. The third kappa shape index (κ3) is 7.25. The van der Waals surface area contributed by atoms with E-state index >= 15 is 0 Å². The third-order valence-corrected chi connectivity index (χ3v) is 4.94. The van der Waals surface area contributed by atoms with Crippen molar-refractivity contribution in [3.63, 3.8) is 0 Å². The van der Waals surface area contributed by atoms with Gasteiger partial charge in [0.05, 0.1) is 25.3 Å². The van der Waals surface area contributed by atoms with Crippen molar-refractivity contribution in [2.24, 2.45) is 5.73 Å². The molecule has 168 valence electrons. The molecule has 30 heavy (non-hydrogen) atoms. The first kappa shape index (κ1) is 24.6. The fourth-order valence-corrected chi connectivity index (χ4v) is 3.48. The van der Waals surface area contributed by atoms with E-state index < -0.39 is 35.3 Å². The number of nitrogens with two attached hydrogens (primary N) is 1. The number of esters is 1. The highest BCUT2D eigenvalue weighted by Crippen LogP contribution is 2.32. The van der Waals surface area contributed by atoms with Crippen molar-refractivity contribution in [3.05, 3.63) is 34.3 Å². The molecule has 1 amide bonds. The lowest BCUT2D eigenvalue weighted by molar-refractivity contribution is -0.157. The molecule has 2 N–H and O–H groups in total. The zero-order chi connectivity index (χ0) is 22.7. The SMILES string of the molecule is CC(C)(C)OC(=O)C(N)CC1COCC(c2ccc(Br)cc2)N1C(=O)OC(C)(C)C. The molecule has 1 heterocycles. The number of morpholine rings is 1. The number of carbonyl (C=O) groups excluding carboxylic acids is 2. The van der Waals surface area contributed by atoms with Gasteiger partial charge in [0, 0.05) is 4.47 Å². The second-order valence-electron chi connectivity index (χ2n) is 9.52. The topological polar surface area (TPSA) is 91.1 Å². The molecule has 3 unspecified atom stereocenters. The molecule has 0 radical (unpaired) electrons. The van der Waals surface area contributed by atoms with E-state index in [1.807, 2.05) is 45.0 Å². The second-order valence-corrected chi connectivity index (χ2v) is 10.4. The van der Waals surface area contributed by atoms with Crippen molar-refractivity contribution in [2.45, 2.75) is 77.3 Å². The molecule has 0 saturated carbocycles. The number of benzene rings is 1. The average Bonchev–Trinajstić information content (AvgIpc) is 2.59. The fourth-order valence-electron chi connectivity index (χ4n) is 3.21. The zero-order valence-corrected chi connectivity index (χ0v) is 20.2. The first-order chi connectivity index (χ1) is 13.8. The van der Waals surface area contributed by atoms with Gasteiger partial charge in [-0.15, -0.1) is 0 Å². The van der Waals surface area contributed by atoms with Crippen molar-refractivity contribution in [2.75, 3.05) is 13.2 Å². The predicted octanol–water partition coefficient (Wildman–Crippen LogP) is 4.19. The number of nitrogens with zero attached hydrogens (tertiary/aromatic N) is 1. The first-order valence-electron chi connectivity index (χ1n) is 10.1. The standard InChI is InChI=1S/C22H33BrN2O5/c1-21(2,3)29-19(26)17(24)11-16-12-28-13-18(14-7-9-15(23)10-8-14)25(16)20(27)30-22(4,5)6/h7-10,16-18H,11-13,24H2,1-6H3. The van der Waals surface area contributed by atoms with Crippen LogP contribution >= 0.6 is 15.9 Å². The van der Waals surface area contributed by atoms with Gasteiger partial charge in [-0.05, 0) is 65.7 Å². The van der Waals surface area contributed by atoms with Gasteiger partial charge in [-0.3, -0.25) is 9.69 Å². The molecule has 1 aliphatic heterocycles. The highest BCUT2D eigenvalue weighted by atomic mass is 79.9. The monoisotopic (exact) mass is 484 g/mol. The minimum Gasteiger partial charge on any atom is -0.459 e. The highest BCUT2D eigenvalue weighted by molar-refractivity contribution is 9.10. The van der Waals surface area contributed by atoms with Gasteiger partial charge in [0.1, 0.15) is 17.2 Å². The molecule has 7 nitrogen and oxygen atoms in total. The molecule has 1 aliphatic rings. The maximum Gasteiger partial charge on any atom is 0.411 e. The van der Waals surface area contributed by atoms with Crippen LogP contribution in [0.2, 0.25) is 0 Å². The van der Waals surface area contributed by atoms with E-state index in [1.54, 1.807) is 25.7 Å². The summed E-state index contributed by atoms with van der Waals surface area (Å²) in [6.45, 7) is 11.4. The molecule has 2 rings (SSSR count). The Balaban J connectivity index is 2.28. The van der Waals surface area contributed by atoms with E-state index in [9.17, 15) is 9.59 Å². The Hall–Kier alpha value is -1.64. The first-order valence-corrected chi connectivity index (χ1v) is 10.9. The summed E-state index contributed by atoms with van der Waals surface area (Å²) in [7, 11) is 0. The lowest BCUT2D eigenvalue weighted by atomic mass is 9.99. The quantitative estimate of drug-likeness (QED) is 0.644. The highest BCUT2D eigenvalue weighted by Gasteiger charge is 2.40. The Kier molecular flexibility index (Phi) is 7.93. The van der Waals surface area contributed by atoms with Crippen LogP contribution in [0.1, 0.15) is 59.6 Å². The van der Waals surface area contributed by atoms with Crippen molar-refractivity contribution >= 4 is 28.0 Å². The average molecular weight is 485 g/mol. The fraction of sp³-hybridized carbons (Fsp3) is 0.636. The van der Waals surface area contributed by atoms with Gasteiger partial charge < -0.3 is 19.9 Å². The summed E-state index contributed by atoms with van der Waals surface area (Å²) in [5.41, 5.74) is 5.76. The molecule has 1 aromatic carbocycles. The summed E-state index contributed by atoms with van der Waals surface area (Å²) in [6, 6.07) is 6.04. The van der Waals surface area contributed by atoms with Gasteiger partial charge in [-0.1, -0.05) is 28.1 Å². The molecule has 8 heteroatoms. The number of carbonyl (C=O) groups is 2. The van der Waals surface area contributed by atoms with E-state index in [0.717, 1.165) is 10.0 Å². The Morgan fingerprint density at radius 1 is 1.10 bits per heavy atom. The van der Waals surface area contributed by atoms with E-state index in [2.05, 4.69) is 15.9 Å². The van der Waals surface area contributed by atoms with Crippen molar-refractivity contribution in [3.8, 4) is 0 Å². The molecule has 3 atom stereocenters. The normalized spacial score (nSPS) is 21.1. The van der Waals surface area contributed by atoms with Crippen LogP contribution < -0.4 is 5.73 Å². The van der Waals surface area contributed by atoms with Crippen LogP contribution in [0.5, 0.6) is 0 Å². The largest absolute Gasteiger partial charge is 0.459 e. The van der Waals surface area contributed by atoms with Crippen LogP contribution in [0.3, 0.4) is 0 Å². The van der Waals surface area contributed by atoms with Crippen LogP contribution in [0, 0.1) is 0 Å². The summed E-state index contributed by atoms with van der Waals surface area (Å²) < 4.78 is 17.8. The van der Waals surface area contributed by atoms with Crippen LogP contribution in [0.15, 0.2) is 28.7 Å². The molecule has 0 aliphatic carbocycles. The molecular weight excluding hydrogens is 452 g/mol. The number of halogens is 1. The van der Waals surface area contributed by atoms with Crippen molar-refractivity contribution in [1.29, 1.82) is 0 Å². The summed E-state index contributed by atoms with van der Waals surface area (Å²) >= 11 is 3.43. The molecule has 0 aromatic heterocycles. The van der Waals surface area contributed by atoms with Crippen LogP contribution in [-0.2, 0) is 19.0 Å². The smallest absolute Gasteiger partial charge is 0.411 e. The van der Waals surface area contributed by atoms with Gasteiger partial charge in [0.15, 0.2) is 0 Å². The number of hydrogen-bond acceptors (Lipinski definition) is 6. The molecule has 0 bridgehead atoms. The van der Waals surface area contributed by atoms with Gasteiger partial charge >= 0.3 is 12.1 Å². The van der Waals surface area contributed by atoms with Gasteiger partial charge in [0.2, 0.25) is 0 Å². The number of rotatable bonds is 4. The van der Waals surface area contributed by atoms with E-state index in [4.69, 9.17) is 19.9 Å². The van der Waals surface area contributed by atoms with E-state index in [1.165, 1.54) is 0 Å². The van der Waals surface area contributed by atoms with Crippen LogP contribution in [-0.4, -0.2) is 53.5 Å². The van der Waals surface area contributed by atoms with Crippen molar-refractivity contribution < 1.29 is 23.8 Å². The van der Waals surface area contributed by atoms with E-state index in [0.29, 0.717) is 6.61 Å². The maximum atomic E-state index is 13.1. The summed E-state index contributed by atoms with van der Waals surface area (Å²) in [5.74, 6) is -0.502. The summed E-state index contributed by atoms with van der Waals surface area (Å²) in [5, 5.41) is 0. The summed E-state index contributed by atoms with van der Waals surface area (Å²) in [6.07, 6.45) is -0.249. The molecule has 1 saturated heterocycles. The minimum atomic E-state index is -0.883. The van der Waals surface area contributed by atoms with Crippen LogP contribution in [0.4, 0.5) is 4.79 Å². The number of amides is 1. The predicted molar refractivity (Wildman–Crippen MR) is 118 cm³/mol. The van der Waals surface area contributed by atoms with Crippen molar-refractivity contribution in [1.82, 2.24) is 4.90 Å². The Labute approximate surface area is 187 Å². The Bertz CT molecular complexity index is 739. The molecular formula is C22H33BrN2O5.